The largest absolute Gasteiger partial charge is 0.391 e. The van der Waals surface area contributed by atoms with Crippen molar-refractivity contribution in [3.8, 4) is 0 Å². The molecule has 2 aromatic carbocycles. The Morgan fingerprint density at radius 1 is 1.11 bits per heavy atom. The van der Waals surface area contributed by atoms with Crippen LogP contribution < -0.4 is 0 Å². The SMILES string of the molecule is Fc1cccc(CON=Cc2ccccc2Br)c1F. The van der Waals surface area contributed by atoms with Crippen molar-refractivity contribution in [2.24, 2.45) is 5.16 Å². The lowest BCUT2D eigenvalue weighted by molar-refractivity contribution is 0.129. The van der Waals surface area contributed by atoms with Crippen LogP contribution in [0.5, 0.6) is 0 Å². The molecule has 98 valence electrons. The lowest BCUT2D eigenvalue weighted by Crippen LogP contribution is -1.95. The lowest BCUT2D eigenvalue weighted by atomic mass is 10.2. The summed E-state index contributed by atoms with van der Waals surface area (Å²) in [5.41, 5.74) is 0.964. The van der Waals surface area contributed by atoms with Gasteiger partial charge in [-0.1, -0.05) is 51.4 Å². The standard InChI is InChI=1S/C14H10BrF2NO/c15-12-6-2-1-4-10(12)8-18-19-9-11-5-3-7-13(16)14(11)17/h1-8H,9H2. The number of nitrogens with zero attached hydrogens (tertiary/aromatic N) is 1. The number of halogens is 3. The molecule has 0 spiro atoms. The third kappa shape index (κ3) is 3.61. The summed E-state index contributed by atoms with van der Waals surface area (Å²) in [7, 11) is 0. The average Bonchev–Trinajstić information content (AvgIpc) is 2.41. The molecule has 0 aliphatic carbocycles. The molecule has 0 N–H and O–H groups in total. The minimum absolute atomic E-state index is 0.120. The molecule has 19 heavy (non-hydrogen) atoms. The van der Waals surface area contributed by atoms with Crippen molar-refractivity contribution in [2.45, 2.75) is 6.61 Å². The highest BCUT2D eigenvalue weighted by Crippen LogP contribution is 2.14. The van der Waals surface area contributed by atoms with Crippen LogP contribution in [0.3, 0.4) is 0 Å². The van der Waals surface area contributed by atoms with Gasteiger partial charge < -0.3 is 4.84 Å². The molecule has 5 heteroatoms. The van der Waals surface area contributed by atoms with E-state index in [-0.39, 0.29) is 12.2 Å². The summed E-state index contributed by atoms with van der Waals surface area (Å²) in [6, 6.07) is 11.4. The zero-order valence-corrected chi connectivity index (χ0v) is 11.4. The molecule has 0 aliphatic heterocycles. The molecule has 0 heterocycles. The fraction of sp³-hybridized carbons (Fsp3) is 0.0714. The first kappa shape index (κ1) is 13.7. The summed E-state index contributed by atoms with van der Waals surface area (Å²) < 4.78 is 27.1. The van der Waals surface area contributed by atoms with E-state index < -0.39 is 11.6 Å². The van der Waals surface area contributed by atoms with Gasteiger partial charge in [-0.25, -0.2) is 8.78 Å². The van der Waals surface area contributed by atoms with Gasteiger partial charge in [0.05, 0.1) is 6.21 Å². The fourth-order valence-corrected chi connectivity index (χ4v) is 1.83. The number of hydrogen-bond donors (Lipinski definition) is 0. The molecule has 0 aromatic heterocycles. The van der Waals surface area contributed by atoms with Gasteiger partial charge in [0, 0.05) is 15.6 Å². The predicted octanol–water partition coefficient (Wildman–Crippen LogP) is 4.28. The van der Waals surface area contributed by atoms with Crippen LogP contribution >= 0.6 is 15.9 Å². The molecule has 0 saturated heterocycles. The van der Waals surface area contributed by atoms with Crippen molar-refractivity contribution >= 4 is 22.1 Å². The molecule has 0 fully saturated rings. The van der Waals surface area contributed by atoms with Gasteiger partial charge in [-0.15, -0.1) is 0 Å². The maximum Gasteiger partial charge on any atom is 0.165 e. The number of benzene rings is 2. The summed E-state index contributed by atoms with van der Waals surface area (Å²) in [5, 5.41) is 3.72. The van der Waals surface area contributed by atoms with Crippen LogP contribution in [0.1, 0.15) is 11.1 Å². The Labute approximate surface area is 117 Å². The van der Waals surface area contributed by atoms with Gasteiger partial charge in [0.2, 0.25) is 0 Å². The van der Waals surface area contributed by atoms with Crippen molar-refractivity contribution in [2.75, 3.05) is 0 Å². The van der Waals surface area contributed by atoms with Crippen LogP contribution in [0.25, 0.3) is 0 Å². The Morgan fingerprint density at radius 2 is 1.89 bits per heavy atom. The number of hydrogen-bond acceptors (Lipinski definition) is 2. The second-order valence-electron chi connectivity index (χ2n) is 3.74. The first-order valence-corrected chi connectivity index (χ1v) is 6.30. The molecule has 0 saturated carbocycles. The maximum atomic E-state index is 13.3. The third-order valence-corrected chi connectivity index (χ3v) is 3.15. The van der Waals surface area contributed by atoms with E-state index in [1.807, 2.05) is 24.3 Å². The van der Waals surface area contributed by atoms with Gasteiger partial charge in [0.1, 0.15) is 6.61 Å². The van der Waals surface area contributed by atoms with E-state index in [9.17, 15) is 8.78 Å². The highest BCUT2D eigenvalue weighted by molar-refractivity contribution is 9.10. The van der Waals surface area contributed by atoms with Gasteiger partial charge in [0.25, 0.3) is 0 Å². The summed E-state index contributed by atoms with van der Waals surface area (Å²) in [6.45, 7) is -0.120. The van der Waals surface area contributed by atoms with Gasteiger partial charge in [-0.05, 0) is 12.1 Å². The molecular weight excluding hydrogens is 316 g/mol. The van der Waals surface area contributed by atoms with E-state index in [1.165, 1.54) is 18.3 Å². The van der Waals surface area contributed by atoms with Crippen LogP contribution in [0.4, 0.5) is 8.78 Å². The zero-order chi connectivity index (χ0) is 13.7. The van der Waals surface area contributed by atoms with Crippen molar-refractivity contribution in [3.63, 3.8) is 0 Å². The Bertz CT molecular complexity index is 602. The maximum absolute atomic E-state index is 13.3. The summed E-state index contributed by atoms with van der Waals surface area (Å²) in [6.07, 6.45) is 1.50. The van der Waals surface area contributed by atoms with E-state index in [2.05, 4.69) is 21.1 Å². The van der Waals surface area contributed by atoms with Crippen LogP contribution in [-0.2, 0) is 11.4 Å². The lowest BCUT2D eigenvalue weighted by Gasteiger charge is -2.02. The molecule has 0 aliphatic rings. The Kier molecular flexibility index (Phi) is 4.63. The second-order valence-corrected chi connectivity index (χ2v) is 4.60. The average molecular weight is 326 g/mol. The Balaban J connectivity index is 1.97. The molecule has 0 unspecified atom stereocenters. The van der Waals surface area contributed by atoms with Crippen molar-refractivity contribution in [1.29, 1.82) is 0 Å². The molecule has 0 atom stereocenters. The summed E-state index contributed by atoms with van der Waals surface area (Å²) >= 11 is 3.36. The van der Waals surface area contributed by atoms with Crippen LogP contribution in [0.15, 0.2) is 52.1 Å². The molecular formula is C14H10BrF2NO. The monoisotopic (exact) mass is 325 g/mol. The highest BCUT2D eigenvalue weighted by atomic mass is 79.9. The highest BCUT2D eigenvalue weighted by Gasteiger charge is 2.07. The quantitative estimate of drug-likeness (QED) is 0.607. The first-order valence-electron chi connectivity index (χ1n) is 5.51. The third-order valence-electron chi connectivity index (χ3n) is 2.42. The normalized spacial score (nSPS) is 10.9. The minimum Gasteiger partial charge on any atom is -0.391 e. The summed E-state index contributed by atoms with van der Waals surface area (Å²) in [5.74, 6) is -1.80. The van der Waals surface area contributed by atoms with E-state index in [0.717, 1.165) is 16.1 Å². The van der Waals surface area contributed by atoms with Gasteiger partial charge in [-0.3, -0.25) is 0 Å². The minimum atomic E-state index is -0.904. The van der Waals surface area contributed by atoms with E-state index >= 15 is 0 Å². The van der Waals surface area contributed by atoms with Crippen LogP contribution in [-0.4, -0.2) is 6.21 Å². The van der Waals surface area contributed by atoms with Gasteiger partial charge in [0.15, 0.2) is 11.6 Å². The first-order chi connectivity index (χ1) is 9.18. The van der Waals surface area contributed by atoms with Crippen molar-refractivity contribution in [1.82, 2.24) is 0 Å². The smallest absolute Gasteiger partial charge is 0.165 e. The molecule has 0 bridgehead atoms. The number of oxime groups is 1. The molecule has 2 nitrogen and oxygen atoms in total. The Hall–Kier alpha value is -1.75. The van der Waals surface area contributed by atoms with Gasteiger partial charge >= 0.3 is 0 Å². The molecule has 0 radical (unpaired) electrons. The van der Waals surface area contributed by atoms with E-state index in [0.29, 0.717) is 0 Å². The van der Waals surface area contributed by atoms with Gasteiger partial charge in [-0.2, -0.15) is 0 Å². The van der Waals surface area contributed by atoms with E-state index in [1.54, 1.807) is 0 Å². The van der Waals surface area contributed by atoms with Crippen molar-refractivity contribution in [3.05, 3.63) is 69.7 Å². The van der Waals surface area contributed by atoms with Crippen molar-refractivity contribution < 1.29 is 13.6 Å². The second kappa shape index (κ2) is 6.43. The predicted molar refractivity (Wildman–Crippen MR) is 72.9 cm³/mol. The Morgan fingerprint density at radius 3 is 2.68 bits per heavy atom. The molecule has 2 rings (SSSR count). The molecule has 2 aromatic rings. The topological polar surface area (TPSA) is 21.6 Å². The summed E-state index contributed by atoms with van der Waals surface area (Å²) in [4.78, 5) is 4.96. The molecule has 0 amide bonds. The number of rotatable bonds is 4. The van der Waals surface area contributed by atoms with Crippen LogP contribution in [0, 0.1) is 11.6 Å². The van der Waals surface area contributed by atoms with E-state index in [4.69, 9.17) is 4.84 Å². The fourth-order valence-electron chi connectivity index (χ4n) is 1.44. The van der Waals surface area contributed by atoms with Crippen LogP contribution in [0.2, 0.25) is 0 Å². The zero-order valence-electron chi connectivity index (χ0n) is 9.82.